The van der Waals surface area contributed by atoms with Gasteiger partial charge in [-0.15, -0.1) is 0 Å². The molecule has 25 heavy (non-hydrogen) atoms. The van der Waals surface area contributed by atoms with Crippen LogP contribution in [0, 0.1) is 6.92 Å². The van der Waals surface area contributed by atoms with Crippen LogP contribution in [-0.2, 0) is 10.0 Å². The number of anilines is 1. The molecule has 0 radical (unpaired) electrons. The maximum absolute atomic E-state index is 12.2. The molecular formula is C18H22N2O4S. The van der Waals surface area contributed by atoms with Gasteiger partial charge in [-0.1, -0.05) is 23.8 Å². The van der Waals surface area contributed by atoms with E-state index < -0.39 is 10.0 Å². The molecule has 0 atom stereocenters. The van der Waals surface area contributed by atoms with Crippen LogP contribution in [0.15, 0.2) is 48.5 Å². The van der Waals surface area contributed by atoms with Crippen LogP contribution in [0.25, 0.3) is 0 Å². The second-order valence-electron chi connectivity index (χ2n) is 5.70. The summed E-state index contributed by atoms with van der Waals surface area (Å²) < 4.78 is 29.9. The van der Waals surface area contributed by atoms with E-state index in [0.29, 0.717) is 24.4 Å². The Morgan fingerprint density at radius 1 is 1.16 bits per heavy atom. The normalized spacial score (nSPS) is 11.0. The molecule has 1 N–H and O–H groups in total. The molecule has 0 aliphatic carbocycles. The van der Waals surface area contributed by atoms with Crippen molar-refractivity contribution in [1.82, 2.24) is 5.32 Å². The Kier molecular flexibility index (Phi) is 6.03. The van der Waals surface area contributed by atoms with E-state index in [0.717, 1.165) is 21.9 Å². The molecule has 0 bridgehead atoms. The van der Waals surface area contributed by atoms with Crippen LogP contribution in [0.1, 0.15) is 15.9 Å². The molecule has 0 fully saturated rings. The van der Waals surface area contributed by atoms with Crippen LogP contribution >= 0.6 is 0 Å². The predicted molar refractivity (Wildman–Crippen MR) is 98.7 cm³/mol. The fraction of sp³-hybridized carbons (Fsp3) is 0.278. The second-order valence-corrected chi connectivity index (χ2v) is 7.71. The average molecular weight is 362 g/mol. The van der Waals surface area contributed by atoms with Crippen molar-refractivity contribution < 1.29 is 17.9 Å². The lowest BCUT2D eigenvalue weighted by molar-refractivity contribution is 0.0947. The first kappa shape index (κ1) is 18.8. The number of nitrogens with one attached hydrogen (secondary N) is 1. The minimum atomic E-state index is -3.37. The lowest BCUT2D eigenvalue weighted by Gasteiger charge is -2.17. The fourth-order valence-corrected chi connectivity index (χ4v) is 2.60. The highest BCUT2D eigenvalue weighted by molar-refractivity contribution is 7.92. The summed E-state index contributed by atoms with van der Waals surface area (Å²) >= 11 is 0. The third-order valence-corrected chi connectivity index (χ3v) is 4.85. The molecule has 0 heterocycles. The Balaban J connectivity index is 1.89. The quantitative estimate of drug-likeness (QED) is 0.766. The Bertz CT molecular complexity index is 832. The molecular weight excluding hydrogens is 340 g/mol. The van der Waals surface area contributed by atoms with E-state index in [1.165, 1.54) is 13.1 Å². The Labute approximate surface area is 148 Å². The van der Waals surface area contributed by atoms with Gasteiger partial charge in [0.15, 0.2) is 0 Å². The summed E-state index contributed by atoms with van der Waals surface area (Å²) in [4.78, 5) is 12.2. The van der Waals surface area contributed by atoms with E-state index >= 15 is 0 Å². The zero-order valence-electron chi connectivity index (χ0n) is 14.5. The number of carbonyl (C=O) groups excluding carboxylic acids is 1. The number of amides is 1. The van der Waals surface area contributed by atoms with Gasteiger partial charge >= 0.3 is 0 Å². The zero-order chi connectivity index (χ0) is 18.4. The van der Waals surface area contributed by atoms with Gasteiger partial charge in [0.1, 0.15) is 12.4 Å². The zero-order valence-corrected chi connectivity index (χ0v) is 15.3. The van der Waals surface area contributed by atoms with Crippen molar-refractivity contribution >= 4 is 21.6 Å². The monoisotopic (exact) mass is 362 g/mol. The summed E-state index contributed by atoms with van der Waals surface area (Å²) in [5, 5.41) is 2.75. The highest BCUT2D eigenvalue weighted by Gasteiger charge is 2.14. The number of nitrogens with zero attached hydrogens (tertiary/aromatic N) is 1. The van der Waals surface area contributed by atoms with E-state index in [9.17, 15) is 13.2 Å². The SMILES string of the molecule is Cc1ccc(OCCNC(=O)c2cccc(N(C)S(C)(=O)=O)c2)cc1. The van der Waals surface area contributed by atoms with Gasteiger partial charge in [-0.25, -0.2) is 8.42 Å². The first-order valence-electron chi connectivity index (χ1n) is 7.79. The van der Waals surface area contributed by atoms with Crippen LogP contribution < -0.4 is 14.4 Å². The van der Waals surface area contributed by atoms with E-state index in [1.807, 2.05) is 31.2 Å². The van der Waals surface area contributed by atoms with Crippen LogP contribution in [-0.4, -0.2) is 40.8 Å². The molecule has 0 unspecified atom stereocenters. The van der Waals surface area contributed by atoms with Crippen LogP contribution in [0.3, 0.4) is 0 Å². The highest BCUT2D eigenvalue weighted by Crippen LogP contribution is 2.17. The van der Waals surface area contributed by atoms with Crippen molar-refractivity contribution in [2.75, 3.05) is 30.8 Å². The largest absolute Gasteiger partial charge is 0.492 e. The minimum absolute atomic E-state index is 0.281. The Morgan fingerprint density at radius 2 is 1.84 bits per heavy atom. The molecule has 0 saturated heterocycles. The van der Waals surface area contributed by atoms with E-state index in [-0.39, 0.29) is 5.91 Å². The molecule has 6 nitrogen and oxygen atoms in total. The third kappa shape index (κ3) is 5.49. The van der Waals surface area contributed by atoms with E-state index in [2.05, 4.69) is 5.32 Å². The topological polar surface area (TPSA) is 75.7 Å². The number of rotatable bonds is 7. The second kappa shape index (κ2) is 8.02. The van der Waals surface area contributed by atoms with Crippen LogP contribution in [0.2, 0.25) is 0 Å². The highest BCUT2D eigenvalue weighted by atomic mass is 32.2. The standard InChI is InChI=1S/C18H22N2O4S/c1-14-7-9-17(10-8-14)24-12-11-19-18(21)15-5-4-6-16(13-15)20(2)25(3,22)23/h4-10,13H,11-12H2,1-3H3,(H,19,21). The van der Waals surface area contributed by atoms with Gasteiger partial charge in [0.2, 0.25) is 10.0 Å². The van der Waals surface area contributed by atoms with Gasteiger partial charge in [0.25, 0.3) is 5.91 Å². The third-order valence-electron chi connectivity index (χ3n) is 3.65. The van der Waals surface area contributed by atoms with Crippen molar-refractivity contribution in [2.24, 2.45) is 0 Å². The number of aryl methyl sites for hydroxylation is 1. The van der Waals surface area contributed by atoms with Gasteiger partial charge in [-0.3, -0.25) is 9.10 Å². The van der Waals surface area contributed by atoms with E-state index in [4.69, 9.17) is 4.74 Å². The van der Waals surface area contributed by atoms with Crippen molar-refractivity contribution in [3.05, 3.63) is 59.7 Å². The first-order chi connectivity index (χ1) is 11.8. The lowest BCUT2D eigenvalue weighted by atomic mass is 10.2. The van der Waals surface area contributed by atoms with Gasteiger partial charge in [0.05, 0.1) is 18.5 Å². The lowest BCUT2D eigenvalue weighted by Crippen LogP contribution is -2.29. The van der Waals surface area contributed by atoms with Gasteiger partial charge in [-0.05, 0) is 37.3 Å². The molecule has 0 aliphatic heterocycles. The summed E-state index contributed by atoms with van der Waals surface area (Å²) in [6.07, 6.45) is 1.11. The summed E-state index contributed by atoms with van der Waals surface area (Å²) in [5.74, 6) is 0.466. The van der Waals surface area contributed by atoms with Crippen LogP contribution in [0.5, 0.6) is 5.75 Å². The molecule has 0 aliphatic rings. The summed E-state index contributed by atoms with van der Waals surface area (Å²) in [6, 6.07) is 14.1. The first-order valence-corrected chi connectivity index (χ1v) is 9.64. The number of sulfonamides is 1. The summed E-state index contributed by atoms with van der Waals surface area (Å²) in [6.45, 7) is 2.69. The van der Waals surface area contributed by atoms with Crippen molar-refractivity contribution in [3.8, 4) is 5.75 Å². The number of carbonyl (C=O) groups is 1. The molecule has 0 spiro atoms. The average Bonchev–Trinajstić information content (AvgIpc) is 2.58. The molecule has 7 heteroatoms. The molecule has 0 saturated carbocycles. The number of benzene rings is 2. The summed E-state index contributed by atoms with van der Waals surface area (Å²) in [7, 11) is -1.93. The van der Waals surface area contributed by atoms with Crippen molar-refractivity contribution in [2.45, 2.75) is 6.92 Å². The molecule has 0 aromatic heterocycles. The molecule has 2 aromatic rings. The van der Waals surface area contributed by atoms with Crippen molar-refractivity contribution in [1.29, 1.82) is 0 Å². The maximum Gasteiger partial charge on any atom is 0.251 e. The van der Waals surface area contributed by atoms with Crippen molar-refractivity contribution in [3.63, 3.8) is 0 Å². The number of hydrogen-bond donors (Lipinski definition) is 1. The Hall–Kier alpha value is -2.54. The maximum atomic E-state index is 12.2. The molecule has 1 amide bonds. The minimum Gasteiger partial charge on any atom is -0.492 e. The van der Waals surface area contributed by atoms with Gasteiger partial charge in [-0.2, -0.15) is 0 Å². The smallest absolute Gasteiger partial charge is 0.251 e. The number of hydrogen-bond acceptors (Lipinski definition) is 4. The molecule has 134 valence electrons. The number of ether oxygens (including phenoxy) is 1. The van der Waals surface area contributed by atoms with Gasteiger partial charge < -0.3 is 10.1 Å². The molecule has 2 rings (SSSR count). The van der Waals surface area contributed by atoms with Crippen LogP contribution in [0.4, 0.5) is 5.69 Å². The van der Waals surface area contributed by atoms with Gasteiger partial charge in [0, 0.05) is 12.6 Å². The predicted octanol–water partition coefficient (Wildman–Crippen LogP) is 2.20. The molecule has 2 aromatic carbocycles. The van der Waals surface area contributed by atoms with E-state index in [1.54, 1.807) is 18.2 Å². The summed E-state index contributed by atoms with van der Waals surface area (Å²) in [5.41, 5.74) is 1.98. The fourth-order valence-electron chi connectivity index (χ4n) is 2.10. The Morgan fingerprint density at radius 3 is 2.48 bits per heavy atom.